The molecule has 2 aromatic heterocycles. The van der Waals surface area contributed by atoms with Crippen molar-refractivity contribution in [2.45, 2.75) is 78.4 Å². The number of rotatable bonds is 8. The lowest BCUT2D eigenvalue weighted by atomic mass is 9.85. The molecule has 228 valence electrons. The zero-order valence-corrected chi connectivity index (χ0v) is 25.8. The van der Waals surface area contributed by atoms with Gasteiger partial charge in [0.25, 0.3) is 0 Å². The molecule has 4 rings (SSSR count). The van der Waals surface area contributed by atoms with E-state index in [9.17, 15) is 9.59 Å². The van der Waals surface area contributed by atoms with E-state index in [2.05, 4.69) is 15.6 Å². The average molecular weight is 587 g/mol. The summed E-state index contributed by atoms with van der Waals surface area (Å²) in [4.78, 5) is 30.1. The van der Waals surface area contributed by atoms with Gasteiger partial charge in [-0.25, -0.2) is 14.6 Å². The van der Waals surface area contributed by atoms with Crippen molar-refractivity contribution in [2.24, 2.45) is 5.92 Å². The number of ether oxygens (including phenoxy) is 2. The lowest BCUT2D eigenvalue weighted by Gasteiger charge is -2.32. The first kappa shape index (κ1) is 31.5. The van der Waals surface area contributed by atoms with Crippen molar-refractivity contribution >= 4 is 23.5 Å². The van der Waals surface area contributed by atoms with E-state index < -0.39 is 12.0 Å². The minimum atomic E-state index is -0.538. The fourth-order valence-electron chi connectivity index (χ4n) is 4.99. The molecule has 0 saturated heterocycles. The van der Waals surface area contributed by atoms with Crippen molar-refractivity contribution in [3.8, 4) is 5.75 Å². The molecular formula is C33H42N6O4. The molecule has 1 aromatic carbocycles. The van der Waals surface area contributed by atoms with Crippen LogP contribution in [0, 0.1) is 16.7 Å². The van der Waals surface area contributed by atoms with E-state index in [4.69, 9.17) is 20.3 Å². The molecule has 0 spiro atoms. The lowest BCUT2D eigenvalue weighted by Crippen LogP contribution is -2.36. The standard InChI is InChI=1S/C33H42N6O4/c1-7-20(3)30(35)39-19-22(13-16-29(39)34)43-27-15-14-25(23-11-9-10-12-24(23)27)38-32(41)36-21-17-26(31(40)42-8-2)37-28(18-21)33(4,5)6/h9-13,16-20,25,27,34-35H,7-8,14-15H2,1-6H3,(H2,36,37,38,41). The van der Waals surface area contributed by atoms with E-state index in [-0.39, 0.29) is 41.3 Å². The SMILES string of the molecule is CCOC(=O)c1cc(NC(=O)NC2CCC(Oc3ccc(=N)n(C(=N)C(C)CC)c3)c3ccccc32)cc(C(C)(C)C)n1. The summed E-state index contributed by atoms with van der Waals surface area (Å²) in [6.45, 7) is 11.9. The first-order valence-corrected chi connectivity index (χ1v) is 14.8. The molecule has 3 atom stereocenters. The highest BCUT2D eigenvalue weighted by Crippen LogP contribution is 2.38. The van der Waals surface area contributed by atoms with Crippen LogP contribution in [0.2, 0.25) is 0 Å². The first-order valence-electron chi connectivity index (χ1n) is 14.8. The number of amides is 2. The quantitative estimate of drug-likeness (QED) is 0.136. The molecule has 10 nitrogen and oxygen atoms in total. The van der Waals surface area contributed by atoms with E-state index >= 15 is 0 Å². The number of fused-ring (bicyclic) bond motifs is 1. The molecule has 3 aromatic rings. The Bertz CT molecular complexity index is 1560. The molecule has 0 saturated carbocycles. The van der Waals surface area contributed by atoms with Gasteiger partial charge in [0.15, 0.2) is 5.69 Å². The van der Waals surface area contributed by atoms with Crippen LogP contribution in [0.4, 0.5) is 10.5 Å². The Morgan fingerprint density at radius 3 is 2.49 bits per heavy atom. The van der Waals surface area contributed by atoms with E-state index in [0.717, 1.165) is 17.5 Å². The third-order valence-corrected chi connectivity index (χ3v) is 7.62. The second-order valence-corrected chi connectivity index (χ2v) is 11.9. The molecule has 2 heterocycles. The summed E-state index contributed by atoms with van der Waals surface area (Å²) < 4.78 is 13.1. The molecule has 0 radical (unpaired) electrons. The topological polar surface area (TPSA) is 142 Å². The highest BCUT2D eigenvalue weighted by molar-refractivity contribution is 5.93. The molecule has 1 aliphatic carbocycles. The number of esters is 1. The number of carbonyl (C=O) groups is 2. The summed E-state index contributed by atoms with van der Waals surface area (Å²) in [6, 6.07) is 14.0. The number of urea groups is 1. The fraction of sp³-hybridized carbons (Fsp3) is 0.424. The van der Waals surface area contributed by atoms with Crippen LogP contribution in [0.3, 0.4) is 0 Å². The highest BCUT2D eigenvalue weighted by atomic mass is 16.5. The summed E-state index contributed by atoms with van der Waals surface area (Å²) in [6.07, 6.45) is 3.57. The van der Waals surface area contributed by atoms with Gasteiger partial charge in [0.05, 0.1) is 18.8 Å². The van der Waals surface area contributed by atoms with Crippen LogP contribution in [0.1, 0.15) is 100 Å². The number of pyridine rings is 2. The van der Waals surface area contributed by atoms with Gasteiger partial charge in [-0.05, 0) is 61.6 Å². The Morgan fingerprint density at radius 2 is 1.81 bits per heavy atom. The van der Waals surface area contributed by atoms with Crippen LogP contribution in [0.5, 0.6) is 5.75 Å². The molecule has 3 unspecified atom stereocenters. The first-order chi connectivity index (χ1) is 20.4. The van der Waals surface area contributed by atoms with Gasteiger partial charge in [0, 0.05) is 22.7 Å². The summed E-state index contributed by atoms with van der Waals surface area (Å²) in [5.74, 6) is 0.416. The zero-order valence-electron chi connectivity index (χ0n) is 25.8. The minimum Gasteiger partial charge on any atom is -0.484 e. The fourth-order valence-corrected chi connectivity index (χ4v) is 4.99. The predicted octanol–water partition coefficient (Wildman–Crippen LogP) is 6.48. The van der Waals surface area contributed by atoms with E-state index in [1.165, 1.54) is 6.07 Å². The van der Waals surface area contributed by atoms with Crippen molar-refractivity contribution in [2.75, 3.05) is 11.9 Å². The summed E-state index contributed by atoms with van der Waals surface area (Å²) >= 11 is 0. The Kier molecular flexibility index (Phi) is 9.68. The molecule has 43 heavy (non-hydrogen) atoms. The third kappa shape index (κ3) is 7.49. The Balaban J connectivity index is 1.52. The number of benzene rings is 1. The molecule has 0 fully saturated rings. The Hall–Kier alpha value is -4.47. The Labute approximate surface area is 252 Å². The van der Waals surface area contributed by atoms with E-state index in [1.807, 2.05) is 58.9 Å². The van der Waals surface area contributed by atoms with Gasteiger partial charge in [-0.15, -0.1) is 0 Å². The maximum absolute atomic E-state index is 13.2. The molecule has 10 heteroatoms. The van der Waals surface area contributed by atoms with Crippen molar-refractivity contribution in [3.63, 3.8) is 0 Å². The zero-order chi connectivity index (χ0) is 31.3. The monoisotopic (exact) mass is 586 g/mol. The maximum Gasteiger partial charge on any atom is 0.356 e. The van der Waals surface area contributed by atoms with Gasteiger partial charge in [-0.1, -0.05) is 58.9 Å². The highest BCUT2D eigenvalue weighted by Gasteiger charge is 2.30. The van der Waals surface area contributed by atoms with Crippen LogP contribution < -0.4 is 20.9 Å². The number of hydrogen-bond acceptors (Lipinski definition) is 7. The van der Waals surface area contributed by atoms with Crippen LogP contribution in [0.15, 0.2) is 54.7 Å². The van der Waals surface area contributed by atoms with Crippen LogP contribution in [0.25, 0.3) is 0 Å². The van der Waals surface area contributed by atoms with Gasteiger partial charge >= 0.3 is 12.0 Å². The van der Waals surface area contributed by atoms with Gasteiger partial charge in [0.1, 0.15) is 23.2 Å². The molecule has 0 aliphatic heterocycles. The number of nitrogens with one attached hydrogen (secondary N) is 4. The van der Waals surface area contributed by atoms with Gasteiger partial charge in [-0.2, -0.15) is 0 Å². The second-order valence-electron chi connectivity index (χ2n) is 11.9. The van der Waals surface area contributed by atoms with Gasteiger partial charge in [-0.3, -0.25) is 15.4 Å². The third-order valence-electron chi connectivity index (χ3n) is 7.62. The lowest BCUT2D eigenvalue weighted by molar-refractivity contribution is 0.0519. The summed E-state index contributed by atoms with van der Waals surface area (Å²) in [7, 11) is 0. The molecule has 0 bridgehead atoms. The molecular weight excluding hydrogens is 544 g/mol. The van der Waals surface area contributed by atoms with Gasteiger partial charge in [0.2, 0.25) is 0 Å². The summed E-state index contributed by atoms with van der Waals surface area (Å²) in [5.41, 5.74) is 3.09. The largest absolute Gasteiger partial charge is 0.484 e. The normalized spacial score (nSPS) is 16.9. The number of carbonyl (C=O) groups excluding carboxylic acids is 2. The number of aromatic nitrogens is 2. The van der Waals surface area contributed by atoms with Crippen molar-refractivity contribution in [1.82, 2.24) is 14.9 Å². The van der Waals surface area contributed by atoms with Crippen molar-refractivity contribution in [1.29, 1.82) is 10.8 Å². The Morgan fingerprint density at radius 1 is 1.09 bits per heavy atom. The van der Waals surface area contributed by atoms with Crippen molar-refractivity contribution in [3.05, 3.63) is 82.7 Å². The minimum absolute atomic E-state index is 0.0155. The second kappa shape index (κ2) is 13.2. The molecule has 2 amide bonds. The van der Waals surface area contributed by atoms with E-state index in [1.54, 1.807) is 35.9 Å². The number of anilines is 1. The van der Waals surface area contributed by atoms with Crippen LogP contribution >= 0.6 is 0 Å². The maximum atomic E-state index is 13.2. The number of hydrogen-bond donors (Lipinski definition) is 4. The van der Waals surface area contributed by atoms with Crippen molar-refractivity contribution < 1.29 is 19.1 Å². The smallest absolute Gasteiger partial charge is 0.356 e. The summed E-state index contributed by atoms with van der Waals surface area (Å²) in [5, 5.41) is 22.7. The molecule has 1 aliphatic rings. The van der Waals surface area contributed by atoms with Crippen LogP contribution in [-0.4, -0.2) is 34.0 Å². The number of nitrogens with zero attached hydrogens (tertiary/aromatic N) is 2. The molecule has 4 N–H and O–H groups in total. The van der Waals surface area contributed by atoms with Gasteiger partial charge < -0.3 is 20.1 Å². The predicted molar refractivity (Wildman–Crippen MR) is 166 cm³/mol. The average Bonchev–Trinajstić information content (AvgIpc) is 2.98. The van der Waals surface area contributed by atoms with E-state index in [0.29, 0.717) is 35.8 Å². The van der Waals surface area contributed by atoms with Crippen LogP contribution in [-0.2, 0) is 10.2 Å².